The monoisotopic (exact) mass is 242 g/mol. The maximum Gasteiger partial charge on any atom is 0.238 e. The zero-order valence-corrected chi connectivity index (χ0v) is 10.8. The maximum atomic E-state index is 11.8. The molecule has 2 N–H and O–H groups in total. The molecule has 2 aliphatic rings. The number of amides is 1. The Morgan fingerprint density at radius 3 is 3.06 bits per heavy atom. The molecule has 0 spiro atoms. The van der Waals surface area contributed by atoms with Crippen LogP contribution in [0.5, 0.6) is 0 Å². The van der Waals surface area contributed by atoms with Gasteiger partial charge in [0.2, 0.25) is 5.91 Å². The Morgan fingerprint density at radius 2 is 2.38 bits per heavy atom. The Bertz CT molecular complexity index is 241. The van der Waals surface area contributed by atoms with Gasteiger partial charge in [-0.2, -0.15) is 0 Å². The largest absolute Gasteiger partial charge is 0.354 e. The average molecular weight is 242 g/mol. The SMILES string of the molecule is CC1CCCC(CNC(=O)C2CSCN2)C1. The number of hydrogen-bond acceptors (Lipinski definition) is 3. The Kier molecular flexibility index (Phi) is 4.53. The number of hydrogen-bond donors (Lipinski definition) is 2. The van der Waals surface area contributed by atoms with Crippen LogP contribution in [-0.4, -0.2) is 30.1 Å². The lowest BCUT2D eigenvalue weighted by atomic mass is 9.82. The van der Waals surface area contributed by atoms with Crippen LogP contribution in [0.1, 0.15) is 32.6 Å². The van der Waals surface area contributed by atoms with Crippen LogP contribution in [0.4, 0.5) is 0 Å². The second kappa shape index (κ2) is 5.92. The van der Waals surface area contributed by atoms with E-state index in [1.54, 1.807) is 11.8 Å². The molecule has 1 aliphatic carbocycles. The standard InChI is InChI=1S/C12H22N2OS/c1-9-3-2-4-10(5-9)6-13-12(15)11-7-16-8-14-11/h9-11,14H,2-8H2,1H3,(H,13,15). The van der Waals surface area contributed by atoms with Crippen molar-refractivity contribution in [3.63, 3.8) is 0 Å². The summed E-state index contributed by atoms with van der Waals surface area (Å²) < 4.78 is 0. The first-order valence-corrected chi connectivity index (χ1v) is 7.50. The molecule has 4 heteroatoms. The van der Waals surface area contributed by atoms with E-state index in [9.17, 15) is 4.79 Å². The lowest BCUT2D eigenvalue weighted by Crippen LogP contribution is -2.44. The number of rotatable bonds is 3. The van der Waals surface area contributed by atoms with E-state index < -0.39 is 0 Å². The Hall–Kier alpha value is -0.220. The molecule has 3 unspecified atom stereocenters. The third-order valence-corrected chi connectivity index (χ3v) is 4.58. The van der Waals surface area contributed by atoms with E-state index in [1.807, 2.05) is 0 Å². The van der Waals surface area contributed by atoms with Crippen LogP contribution in [-0.2, 0) is 4.79 Å². The van der Waals surface area contributed by atoms with Gasteiger partial charge in [-0.15, -0.1) is 11.8 Å². The first-order valence-electron chi connectivity index (χ1n) is 6.34. The van der Waals surface area contributed by atoms with Crippen molar-refractivity contribution in [1.82, 2.24) is 10.6 Å². The van der Waals surface area contributed by atoms with E-state index in [0.717, 1.165) is 24.1 Å². The van der Waals surface area contributed by atoms with Crippen molar-refractivity contribution in [2.24, 2.45) is 11.8 Å². The Labute approximate surface area is 102 Å². The van der Waals surface area contributed by atoms with Gasteiger partial charge < -0.3 is 5.32 Å². The van der Waals surface area contributed by atoms with Crippen molar-refractivity contribution in [2.75, 3.05) is 18.2 Å². The second-order valence-electron chi connectivity index (χ2n) is 5.15. The summed E-state index contributed by atoms with van der Waals surface area (Å²) in [6, 6.07) is 0.0472. The smallest absolute Gasteiger partial charge is 0.238 e. The van der Waals surface area contributed by atoms with Crippen molar-refractivity contribution >= 4 is 17.7 Å². The predicted octanol–water partition coefficient (Wildman–Crippen LogP) is 1.59. The van der Waals surface area contributed by atoms with E-state index >= 15 is 0 Å². The van der Waals surface area contributed by atoms with Crippen LogP contribution in [0.25, 0.3) is 0 Å². The number of carbonyl (C=O) groups excluding carboxylic acids is 1. The minimum atomic E-state index is 0.0472. The summed E-state index contributed by atoms with van der Waals surface area (Å²) in [7, 11) is 0. The summed E-state index contributed by atoms with van der Waals surface area (Å²) in [5, 5.41) is 6.30. The lowest BCUT2D eigenvalue weighted by molar-refractivity contribution is -0.122. The highest BCUT2D eigenvalue weighted by Gasteiger charge is 2.24. The number of carbonyl (C=O) groups is 1. The van der Waals surface area contributed by atoms with Gasteiger partial charge in [-0.1, -0.05) is 19.8 Å². The maximum absolute atomic E-state index is 11.8. The average Bonchev–Trinajstić information content (AvgIpc) is 2.79. The van der Waals surface area contributed by atoms with E-state index in [0.29, 0.717) is 5.92 Å². The zero-order valence-electron chi connectivity index (χ0n) is 10.00. The Morgan fingerprint density at radius 1 is 1.50 bits per heavy atom. The molecular formula is C12H22N2OS. The van der Waals surface area contributed by atoms with Crippen LogP contribution in [0.3, 0.4) is 0 Å². The molecule has 3 atom stereocenters. The molecule has 1 saturated heterocycles. The fourth-order valence-electron chi connectivity index (χ4n) is 2.68. The fraction of sp³-hybridized carbons (Fsp3) is 0.917. The summed E-state index contributed by atoms with van der Waals surface area (Å²) in [6.07, 6.45) is 5.27. The molecule has 92 valence electrons. The van der Waals surface area contributed by atoms with Gasteiger partial charge in [0.05, 0.1) is 6.04 Å². The highest BCUT2D eigenvalue weighted by molar-refractivity contribution is 7.99. The van der Waals surface area contributed by atoms with Gasteiger partial charge in [-0.05, 0) is 24.7 Å². The van der Waals surface area contributed by atoms with Crippen LogP contribution in [0.2, 0.25) is 0 Å². The topological polar surface area (TPSA) is 41.1 Å². The highest BCUT2D eigenvalue weighted by Crippen LogP contribution is 2.27. The molecule has 0 bridgehead atoms. The van der Waals surface area contributed by atoms with Crippen molar-refractivity contribution in [2.45, 2.75) is 38.6 Å². The minimum absolute atomic E-state index is 0.0472. The lowest BCUT2D eigenvalue weighted by Gasteiger charge is -2.27. The van der Waals surface area contributed by atoms with E-state index in [2.05, 4.69) is 17.6 Å². The molecule has 1 heterocycles. The first-order chi connectivity index (χ1) is 7.75. The molecule has 0 aromatic rings. The summed E-state index contributed by atoms with van der Waals surface area (Å²) in [4.78, 5) is 11.8. The molecular weight excluding hydrogens is 220 g/mol. The molecule has 16 heavy (non-hydrogen) atoms. The zero-order chi connectivity index (χ0) is 11.4. The van der Waals surface area contributed by atoms with Gasteiger partial charge in [0.25, 0.3) is 0 Å². The van der Waals surface area contributed by atoms with E-state index in [1.165, 1.54) is 25.7 Å². The molecule has 0 aromatic carbocycles. The van der Waals surface area contributed by atoms with Crippen LogP contribution >= 0.6 is 11.8 Å². The number of thioether (sulfide) groups is 1. The van der Waals surface area contributed by atoms with Crippen LogP contribution in [0, 0.1) is 11.8 Å². The van der Waals surface area contributed by atoms with Crippen molar-refractivity contribution < 1.29 is 4.79 Å². The predicted molar refractivity (Wildman–Crippen MR) is 68.4 cm³/mol. The minimum Gasteiger partial charge on any atom is -0.354 e. The Balaban J connectivity index is 1.67. The first kappa shape index (κ1) is 12.2. The van der Waals surface area contributed by atoms with Gasteiger partial charge in [0.1, 0.15) is 0 Å². The normalized spacial score (nSPS) is 34.9. The van der Waals surface area contributed by atoms with Gasteiger partial charge in [-0.3, -0.25) is 10.1 Å². The van der Waals surface area contributed by atoms with Crippen LogP contribution in [0.15, 0.2) is 0 Å². The molecule has 1 aliphatic heterocycles. The van der Waals surface area contributed by atoms with E-state index in [-0.39, 0.29) is 11.9 Å². The van der Waals surface area contributed by atoms with E-state index in [4.69, 9.17) is 0 Å². The summed E-state index contributed by atoms with van der Waals surface area (Å²) in [5.74, 6) is 3.59. The molecule has 2 rings (SSSR count). The molecule has 3 nitrogen and oxygen atoms in total. The number of nitrogens with one attached hydrogen (secondary N) is 2. The summed E-state index contributed by atoms with van der Waals surface area (Å²) in [5.41, 5.74) is 0. The summed E-state index contributed by atoms with van der Waals surface area (Å²) in [6.45, 7) is 3.20. The summed E-state index contributed by atoms with van der Waals surface area (Å²) >= 11 is 1.80. The van der Waals surface area contributed by atoms with Gasteiger partial charge >= 0.3 is 0 Å². The molecule has 0 aromatic heterocycles. The van der Waals surface area contributed by atoms with Crippen molar-refractivity contribution in [3.8, 4) is 0 Å². The molecule has 2 fully saturated rings. The third-order valence-electron chi connectivity index (χ3n) is 3.64. The molecule has 1 amide bonds. The second-order valence-corrected chi connectivity index (χ2v) is 6.19. The van der Waals surface area contributed by atoms with Gasteiger partial charge in [0, 0.05) is 18.2 Å². The third kappa shape index (κ3) is 3.39. The quantitative estimate of drug-likeness (QED) is 0.790. The fourth-order valence-corrected chi connectivity index (χ4v) is 3.62. The molecule has 1 saturated carbocycles. The van der Waals surface area contributed by atoms with Crippen molar-refractivity contribution in [1.29, 1.82) is 0 Å². The van der Waals surface area contributed by atoms with Crippen LogP contribution < -0.4 is 10.6 Å². The highest BCUT2D eigenvalue weighted by atomic mass is 32.2. The molecule has 0 radical (unpaired) electrons. The van der Waals surface area contributed by atoms with Gasteiger partial charge in [0.15, 0.2) is 0 Å². The van der Waals surface area contributed by atoms with Crippen molar-refractivity contribution in [3.05, 3.63) is 0 Å². The van der Waals surface area contributed by atoms with Gasteiger partial charge in [-0.25, -0.2) is 0 Å².